The first-order valence-corrected chi connectivity index (χ1v) is 7.67. The molecule has 0 bridgehead atoms. The smallest absolute Gasteiger partial charge is 0.241 e. The number of oxime groups is 1. The summed E-state index contributed by atoms with van der Waals surface area (Å²) in [5, 5.41) is 11.6. The fourth-order valence-electron chi connectivity index (χ4n) is 1.86. The van der Waals surface area contributed by atoms with Crippen LogP contribution in [0.1, 0.15) is 26.7 Å². The zero-order chi connectivity index (χ0) is 16.3. The number of hydrogen-bond donors (Lipinski definition) is 3. The van der Waals surface area contributed by atoms with E-state index in [1.54, 1.807) is 13.8 Å². The first kappa shape index (κ1) is 17.3. The highest BCUT2D eigenvalue weighted by molar-refractivity contribution is 7.89. The zero-order valence-corrected chi connectivity index (χ0v) is 12.4. The van der Waals surface area contributed by atoms with E-state index in [1.165, 1.54) is 0 Å². The lowest BCUT2D eigenvalue weighted by Gasteiger charge is -2.30. The summed E-state index contributed by atoms with van der Waals surface area (Å²) in [5.74, 6) is -2.73. The van der Waals surface area contributed by atoms with Crippen LogP contribution in [0.15, 0.2) is 28.3 Å². The number of nitrogens with one attached hydrogen (secondary N) is 1. The summed E-state index contributed by atoms with van der Waals surface area (Å²) in [4.78, 5) is -0.446. The van der Waals surface area contributed by atoms with E-state index in [0.29, 0.717) is 12.1 Å². The van der Waals surface area contributed by atoms with Crippen LogP contribution in [0.4, 0.5) is 8.78 Å². The second-order valence-corrected chi connectivity index (χ2v) is 6.14. The quantitative estimate of drug-likeness (QED) is 0.320. The summed E-state index contributed by atoms with van der Waals surface area (Å²) in [6.07, 6.45) is 0.421. The van der Waals surface area contributed by atoms with Crippen molar-refractivity contribution in [2.24, 2.45) is 10.9 Å². The summed E-state index contributed by atoms with van der Waals surface area (Å²) in [5.41, 5.74) is 4.24. The lowest BCUT2D eigenvalue weighted by atomic mass is 9.93. The molecule has 0 saturated heterocycles. The molecule has 0 fully saturated rings. The largest absolute Gasteiger partial charge is 0.409 e. The highest BCUT2D eigenvalue weighted by Crippen LogP contribution is 2.21. The molecule has 0 heterocycles. The van der Waals surface area contributed by atoms with Gasteiger partial charge in [0.1, 0.15) is 0 Å². The summed E-state index contributed by atoms with van der Waals surface area (Å²) < 4.78 is 52.9. The average molecular weight is 321 g/mol. The Morgan fingerprint density at radius 1 is 1.33 bits per heavy atom. The van der Waals surface area contributed by atoms with Crippen molar-refractivity contribution in [3.63, 3.8) is 0 Å². The molecule has 9 heteroatoms. The third kappa shape index (κ3) is 3.48. The van der Waals surface area contributed by atoms with E-state index in [2.05, 4.69) is 9.88 Å². The minimum Gasteiger partial charge on any atom is -0.409 e. The molecule has 1 rings (SSSR count). The third-order valence-electron chi connectivity index (χ3n) is 3.34. The van der Waals surface area contributed by atoms with Gasteiger partial charge in [0.25, 0.3) is 0 Å². The molecule has 0 amide bonds. The topological polar surface area (TPSA) is 105 Å². The molecular formula is C12H17F2N3O3S. The summed E-state index contributed by atoms with van der Waals surface area (Å²) in [7, 11) is -4.17. The molecule has 0 spiro atoms. The fraction of sp³-hybridized carbons (Fsp3) is 0.417. The van der Waals surface area contributed by atoms with Crippen LogP contribution in [0.2, 0.25) is 0 Å². The Morgan fingerprint density at radius 3 is 2.33 bits per heavy atom. The van der Waals surface area contributed by atoms with Gasteiger partial charge < -0.3 is 10.9 Å². The maximum Gasteiger partial charge on any atom is 0.241 e. The predicted molar refractivity (Wildman–Crippen MR) is 73.4 cm³/mol. The lowest BCUT2D eigenvalue weighted by Crippen LogP contribution is -2.56. The Kier molecular flexibility index (Phi) is 5.24. The van der Waals surface area contributed by atoms with Gasteiger partial charge in [0.05, 0.1) is 10.4 Å². The Bertz CT molecular complexity index is 643. The van der Waals surface area contributed by atoms with E-state index >= 15 is 0 Å². The normalized spacial score (nSPS) is 13.4. The van der Waals surface area contributed by atoms with Crippen LogP contribution >= 0.6 is 0 Å². The minimum atomic E-state index is -4.17. The van der Waals surface area contributed by atoms with Crippen molar-refractivity contribution in [1.82, 2.24) is 4.72 Å². The molecule has 0 aliphatic carbocycles. The van der Waals surface area contributed by atoms with E-state index in [9.17, 15) is 17.2 Å². The molecular weight excluding hydrogens is 304 g/mol. The Hall–Kier alpha value is -1.74. The van der Waals surface area contributed by atoms with Gasteiger partial charge in [-0.2, -0.15) is 4.72 Å². The SMILES string of the molecule is CCC(CC)(NS(=O)(=O)c1ccc(F)c(F)c1)/C(N)=N/O. The monoisotopic (exact) mass is 321 g/mol. The van der Waals surface area contributed by atoms with Gasteiger partial charge in [-0.15, -0.1) is 0 Å². The second kappa shape index (κ2) is 6.35. The number of nitrogens with zero attached hydrogens (tertiary/aromatic N) is 1. The summed E-state index contributed by atoms with van der Waals surface area (Å²) >= 11 is 0. The highest BCUT2D eigenvalue weighted by atomic mass is 32.2. The average Bonchev–Trinajstić information content (AvgIpc) is 2.46. The number of benzene rings is 1. The van der Waals surface area contributed by atoms with Gasteiger partial charge >= 0.3 is 0 Å². The lowest BCUT2D eigenvalue weighted by molar-refractivity contribution is 0.307. The number of halogens is 2. The first-order chi connectivity index (χ1) is 9.72. The van der Waals surface area contributed by atoms with E-state index in [1.807, 2.05) is 0 Å². The van der Waals surface area contributed by atoms with E-state index in [4.69, 9.17) is 10.9 Å². The third-order valence-corrected chi connectivity index (χ3v) is 4.87. The van der Waals surface area contributed by atoms with Crippen molar-refractivity contribution < 1.29 is 22.4 Å². The van der Waals surface area contributed by atoms with Gasteiger partial charge in [0.2, 0.25) is 10.0 Å². The van der Waals surface area contributed by atoms with Crippen LogP contribution in [-0.2, 0) is 10.0 Å². The number of rotatable bonds is 6. The van der Waals surface area contributed by atoms with Crippen LogP contribution in [0, 0.1) is 11.6 Å². The first-order valence-electron chi connectivity index (χ1n) is 6.19. The van der Waals surface area contributed by atoms with Crippen molar-refractivity contribution in [2.75, 3.05) is 0 Å². The maximum absolute atomic E-state index is 13.2. The van der Waals surface area contributed by atoms with E-state index in [-0.39, 0.29) is 18.7 Å². The highest BCUT2D eigenvalue weighted by Gasteiger charge is 2.36. The maximum atomic E-state index is 13.2. The fourth-order valence-corrected chi connectivity index (χ4v) is 3.40. The van der Waals surface area contributed by atoms with Crippen molar-refractivity contribution >= 4 is 15.9 Å². The van der Waals surface area contributed by atoms with Gasteiger partial charge in [-0.25, -0.2) is 17.2 Å². The van der Waals surface area contributed by atoms with Crippen LogP contribution in [-0.4, -0.2) is 25.0 Å². The van der Waals surface area contributed by atoms with Crippen LogP contribution in [0.5, 0.6) is 0 Å². The van der Waals surface area contributed by atoms with Gasteiger partial charge in [-0.05, 0) is 31.0 Å². The molecule has 6 nitrogen and oxygen atoms in total. The molecule has 0 aliphatic rings. The Labute approximate surface area is 121 Å². The van der Waals surface area contributed by atoms with Gasteiger partial charge in [0, 0.05) is 0 Å². The van der Waals surface area contributed by atoms with Crippen molar-refractivity contribution in [3.8, 4) is 0 Å². The van der Waals surface area contributed by atoms with Gasteiger partial charge in [-0.3, -0.25) is 0 Å². The molecule has 0 unspecified atom stereocenters. The van der Waals surface area contributed by atoms with Crippen molar-refractivity contribution in [3.05, 3.63) is 29.8 Å². The molecule has 118 valence electrons. The minimum absolute atomic E-state index is 0.211. The van der Waals surface area contributed by atoms with Crippen molar-refractivity contribution in [1.29, 1.82) is 0 Å². The molecule has 0 aromatic heterocycles. The zero-order valence-electron chi connectivity index (χ0n) is 11.6. The second-order valence-electron chi connectivity index (χ2n) is 4.46. The summed E-state index contributed by atoms with van der Waals surface area (Å²) in [6.45, 7) is 3.30. The molecule has 21 heavy (non-hydrogen) atoms. The van der Waals surface area contributed by atoms with Crippen LogP contribution < -0.4 is 10.5 Å². The molecule has 0 radical (unpaired) electrons. The number of nitrogens with two attached hydrogens (primary N) is 1. The van der Waals surface area contributed by atoms with Crippen LogP contribution in [0.3, 0.4) is 0 Å². The number of hydrogen-bond acceptors (Lipinski definition) is 4. The van der Waals surface area contributed by atoms with Crippen LogP contribution in [0.25, 0.3) is 0 Å². The molecule has 4 N–H and O–H groups in total. The molecule has 0 atom stereocenters. The Morgan fingerprint density at radius 2 is 1.90 bits per heavy atom. The molecule has 1 aromatic rings. The van der Waals surface area contributed by atoms with Gasteiger partial charge in [-0.1, -0.05) is 19.0 Å². The molecule has 0 saturated carbocycles. The predicted octanol–water partition coefficient (Wildman–Crippen LogP) is 1.55. The standard InChI is InChI=1S/C12H17F2N3O3S/c1-3-12(4-2,11(15)16-18)17-21(19,20)8-5-6-9(13)10(14)7-8/h5-7,17-18H,3-4H2,1-2H3,(H2,15,16). The number of sulfonamides is 1. The molecule has 1 aromatic carbocycles. The Balaban J connectivity index is 3.27. The van der Waals surface area contributed by atoms with Crippen molar-refractivity contribution in [2.45, 2.75) is 37.1 Å². The van der Waals surface area contributed by atoms with Gasteiger partial charge in [0.15, 0.2) is 17.5 Å². The summed E-state index contributed by atoms with van der Waals surface area (Å²) in [6, 6.07) is 2.22. The van der Waals surface area contributed by atoms with E-state index in [0.717, 1.165) is 6.07 Å². The number of amidine groups is 1. The van der Waals surface area contributed by atoms with E-state index < -0.39 is 32.1 Å². The molecule has 0 aliphatic heterocycles.